The van der Waals surface area contributed by atoms with Crippen molar-refractivity contribution < 1.29 is 19.1 Å². The van der Waals surface area contributed by atoms with Gasteiger partial charge < -0.3 is 14.2 Å². The van der Waals surface area contributed by atoms with Gasteiger partial charge in [-0.2, -0.15) is 0 Å². The summed E-state index contributed by atoms with van der Waals surface area (Å²) >= 11 is 0. The molecule has 1 aromatic rings. The molecule has 2 atom stereocenters. The number of epoxide rings is 1. The Morgan fingerprint density at radius 1 is 1.44 bits per heavy atom. The van der Waals surface area contributed by atoms with Gasteiger partial charge in [-0.3, -0.25) is 10.1 Å². The molecule has 2 aliphatic heterocycles. The number of fused-ring (bicyclic) bond motifs is 3. The minimum absolute atomic E-state index is 0.0103. The SMILES string of the molecule is COc1cc2c(cc1[N+](=O)[O-])OC(C)(C)[C@H]1O[C@H]21. The second kappa shape index (κ2) is 3.35. The maximum atomic E-state index is 11.0. The van der Waals surface area contributed by atoms with Crippen LogP contribution in [0.1, 0.15) is 25.5 Å². The van der Waals surface area contributed by atoms with Crippen molar-refractivity contribution in [1.29, 1.82) is 0 Å². The second-order valence-corrected chi connectivity index (χ2v) is 5.00. The van der Waals surface area contributed by atoms with Crippen LogP contribution in [0.5, 0.6) is 11.5 Å². The normalized spacial score (nSPS) is 26.6. The van der Waals surface area contributed by atoms with Crippen LogP contribution in [0.25, 0.3) is 0 Å². The Bertz CT molecular complexity index is 540. The Morgan fingerprint density at radius 3 is 2.78 bits per heavy atom. The molecule has 1 aromatic carbocycles. The van der Waals surface area contributed by atoms with E-state index in [0.717, 1.165) is 5.56 Å². The molecule has 0 spiro atoms. The highest BCUT2D eigenvalue weighted by atomic mass is 16.6. The lowest BCUT2D eigenvalue weighted by Crippen LogP contribution is -2.37. The average Bonchev–Trinajstić information content (AvgIpc) is 3.08. The molecule has 0 bridgehead atoms. The Labute approximate surface area is 104 Å². The van der Waals surface area contributed by atoms with Gasteiger partial charge in [0.2, 0.25) is 0 Å². The van der Waals surface area contributed by atoms with Crippen LogP contribution in [0, 0.1) is 10.1 Å². The minimum atomic E-state index is -0.477. The van der Waals surface area contributed by atoms with Gasteiger partial charge in [0.05, 0.1) is 18.1 Å². The van der Waals surface area contributed by atoms with Crippen LogP contribution < -0.4 is 9.47 Å². The Morgan fingerprint density at radius 2 is 2.17 bits per heavy atom. The minimum Gasteiger partial charge on any atom is -0.490 e. The molecular formula is C12H13NO5. The maximum Gasteiger partial charge on any atom is 0.314 e. The number of nitro benzene ring substituents is 1. The number of hydrogen-bond donors (Lipinski definition) is 0. The average molecular weight is 251 g/mol. The zero-order valence-corrected chi connectivity index (χ0v) is 10.3. The first-order valence-electron chi connectivity index (χ1n) is 5.65. The topological polar surface area (TPSA) is 74.1 Å². The molecule has 18 heavy (non-hydrogen) atoms. The van der Waals surface area contributed by atoms with Crippen LogP contribution in [0.3, 0.4) is 0 Å². The van der Waals surface area contributed by atoms with Crippen molar-refractivity contribution >= 4 is 5.69 Å². The molecule has 0 unspecified atom stereocenters. The molecule has 2 aliphatic rings. The number of rotatable bonds is 2. The fourth-order valence-corrected chi connectivity index (χ4v) is 2.40. The molecule has 0 amide bonds. The van der Waals surface area contributed by atoms with Crippen molar-refractivity contribution in [2.24, 2.45) is 0 Å². The smallest absolute Gasteiger partial charge is 0.314 e. The van der Waals surface area contributed by atoms with E-state index in [9.17, 15) is 10.1 Å². The molecule has 2 heterocycles. The van der Waals surface area contributed by atoms with Gasteiger partial charge in [-0.1, -0.05) is 0 Å². The summed E-state index contributed by atoms with van der Waals surface area (Å²) in [5, 5.41) is 11.0. The maximum absolute atomic E-state index is 11.0. The number of ether oxygens (including phenoxy) is 3. The highest BCUT2D eigenvalue weighted by Crippen LogP contribution is 2.55. The van der Waals surface area contributed by atoms with E-state index in [-0.39, 0.29) is 23.6 Å². The predicted molar refractivity (Wildman–Crippen MR) is 62.0 cm³/mol. The highest BCUT2D eigenvalue weighted by Gasteiger charge is 2.57. The first-order chi connectivity index (χ1) is 8.44. The monoisotopic (exact) mass is 251 g/mol. The summed E-state index contributed by atoms with van der Waals surface area (Å²) in [6.07, 6.45) is -0.0328. The van der Waals surface area contributed by atoms with Crippen molar-refractivity contribution in [3.63, 3.8) is 0 Å². The summed E-state index contributed by atoms with van der Waals surface area (Å²) in [6.45, 7) is 3.83. The lowest BCUT2D eigenvalue weighted by molar-refractivity contribution is -0.385. The molecule has 6 heteroatoms. The molecule has 1 fully saturated rings. The first-order valence-corrected chi connectivity index (χ1v) is 5.65. The van der Waals surface area contributed by atoms with Crippen LogP contribution in [0.2, 0.25) is 0 Å². The number of methoxy groups -OCH3 is 1. The van der Waals surface area contributed by atoms with Gasteiger partial charge in [-0.05, 0) is 19.9 Å². The summed E-state index contributed by atoms with van der Waals surface area (Å²) < 4.78 is 16.4. The lowest BCUT2D eigenvalue weighted by atomic mass is 9.94. The second-order valence-electron chi connectivity index (χ2n) is 5.00. The van der Waals surface area contributed by atoms with Gasteiger partial charge in [-0.15, -0.1) is 0 Å². The molecule has 6 nitrogen and oxygen atoms in total. The predicted octanol–water partition coefficient (Wildman–Crippen LogP) is 2.21. The molecule has 0 radical (unpaired) electrons. The van der Waals surface area contributed by atoms with E-state index in [1.165, 1.54) is 13.2 Å². The van der Waals surface area contributed by atoms with E-state index in [0.29, 0.717) is 5.75 Å². The van der Waals surface area contributed by atoms with Crippen LogP contribution in [-0.2, 0) is 4.74 Å². The van der Waals surface area contributed by atoms with E-state index in [1.54, 1.807) is 6.07 Å². The standard InChI is InChI=1S/C12H13NO5/c1-12(2)11-10(17-11)6-4-9(16-3)7(13(14)15)5-8(6)18-12/h4-5,10-11H,1-3H3/t10-,11+/m1/s1. The lowest BCUT2D eigenvalue weighted by Gasteiger charge is -2.29. The van der Waals surface area contributed by atoms with Gasteiger partial charge >= 0.3 is 5.69 Å². The Balaban J connectivity index is 2.12. The molecule has 0 aromatic heterocycles. The van der Waals surface area contributed by atoms with E-state index in [2.05, 4.69) is 0 Å². The summed E-state index contributed by atoms with van der Waals surface area (Å²) in [7, 11) is 1.41. The molecular weight excluding hydrogens is 238 g/mol. The fourth-order valence-electron chi connectivity index (χ4n) is 2.40. The van der Waals surface area contributed by atoms with E-state index < -0.39 is 10.5 Å². The third-order valence-corrected chi connectivity index (χ3v) is 3.36. The van der Waals surface area contributed by atoms with Gasteiger partial charge in [0.25, 0.3) is 0 Å². The van der Waals surface area contributed by atoms with Crippen molar-refractivity contribution in [2.45, 2.75) is 31.7 Å². The zero-order chi connectivity index (χ0) is 13.1. The quantitative estimate of drug-likeness (QED) is 0.457. The van der Waals surface area contributed by atoms with Crippen LogP contribution in [0.15, 0.2) is 12.1 Å². The number of benzene rings is 1. The van der Waals surface area contributed by atoms with Crippen molar-refractivity contribution in [1.82, 2.24) is 0 Å². The third-order valence-electron chi connectivity index (χ3n) is 3.36. The van der Waals surface area contributed by atoms with E-state index in [4.69, 9.17) is 14.2 Å². The van der Waals surface area contributed by atoms with E-state index in [1.807, 2.05) is 13.8 Å². The van der Waals surface area contributed by atoms with Crippen molar-refractivity contribution in [3.8, 4) is 11.5 Å². The Kier molecular flexibility index (Phi) is 2.10. The molecule has 0 N–H and O–H groups in total. The van der Waals surface area contributed by atoms with Gasteiger partial charge in [0.15, 0.2) is 5.75 Å². The number of nitro groups is 1. The van der Waals surface area contributed by atoms with Gasteiger partial charge in [0.1, 0.15) is 23.6 Å². The van der Waals surface area contributed by atoms with E-state index >= 15 is 0 Å². The van der Waals surface area contributed by atoms with Gasteiger partial charge in [-0.25, -0.2) is 0 Å². The first kappa shape index (κ1) is 11.3. The summed E-state index contributed by atoms with van der Waals surface area (Å²) in [6, 6.07) is 3.04. The van der Waals surface area contributed by atoms with Gasteiger partial charge in [0, 0.05) is 5.56 Å². The van der Waals surface area contributed by atoms with Crippen molar-refractivity contribution in [2.75, 3.05) is 7.11 Å². The zero-order valence-electron chi connectivity index (χ0n) is 10.3. The molecule has 0 saturated carbocycles. The molecule has 3 rings (SSSR count). The Hall–Kier alpha value is -1.82. The highest BCUT2D eigenvalue weighted by molar-refractivity contribution is 5.57. The molecule has 96 valence electrons. The van der Waals surface area contributed by atoms with Crippen LogP contribution >= 0.6 is 0 Å². The summed E-state index contributed by atoms with van der Waals surface area (Å²) in [5.41, 5.74) is 0.271. The van der Waals surface area contributed by atoms with Crippen molar-refractivity contribution in [3.05, 3.63) is 27.8 Å². The summed E-state index contributed by atoms with van der Waals surface area (Å²) in [5.74, 6) is 0.738. The van der Waals surface area contributed by atoms with Crippen LogP contribution in [-0.4, -0.2) is 23.7 Å². The molecule has 0 aliphatic carbocycles. The fraction of sp³-hybridized carbons (Fsp3) is 0.500. The number of hydrogen-bond acceptors (Lipinski definition) is 5. The third kappa shape index (κ3) is 1.45. The number of nitrogens with zero attached hydrogens (tertiary/aromatic N) is 1. The molecule has 1 saturated heterocycles. The summed E-state index contributed by atoms with van der Waals surface area (Å²) in [4.78, 5) is 10.5. The van der Waals surface area contributed by atoms with Crippen LogP contribution in [0.4, 0.5) is 5.69 Å². The largest absolute Gasteiger partial charge is 0.490 e.